The fraction of sp³-hybridized carbons (Fsp3) is 0.500. The number of anilines is 1. The van der Waals surface area contributed by atoms with E-state index in [9.17, 15) is 4.79 Å². The Morgan fingerprint density at radius 3 is 2.92 bits per heavy atom. The van der Waals surface area contributed by atoms with Gasteiger partial charge in [-0.15, -0.1) is 0 Å². The molecule has 0 fully saturated rings. The molecule has 0 bridgehead atoms. The highest BCUT2D eigenvalue weighted by Crippen LogP contribution is 2.20. The standard InChI is InChI=1S/C8H13N3O2/c1-5(2)13-8-7(4-9-11-8)10-6(3)12/h4-5H,1-3H3,(H,9,11)(H,10,12). The molecule has 0 atom stereocenters. The van der Waals surface area contributed by atoms with E-state index >= 15 is 0 Å². The molecule has 1 aromatic rings. The zero-order valence-electron chi connectivity index (χ0n) is 7.92. The predicted octanol–water partition coefficient (Wildman–Crippen LogP) is 1.16. The van der Waals surface area contributed by atoms with Gasteiger partial charge in [0, 0.05) is 6.92 Å². The highest BCUT2D eigenvalue weighted by atomic mass is 16.5. The quantitative estimate of drug-likeness (QED) is 0.738. The van der Waals surface area contributed by atoms with Crippen LogP contribution in [0.15, 0.2) is 6.20 Å². The Morgan fingerprint density at radius 2 is 2.38 bits per heavy atom. The molecule has 2 N–H and O–H groups in total. The number of ether oxygens (including phenoxy) is 1. The van der Waals surface area contributed by atoms with Crippen molar-refractivity contribution in [3.63, 3.8) is 0 Å². The highest BCUT2D eigenvalue weighted by molar-refractivity contribution is 5.89. The number of nitrogens with one attached hydrogen (secondary N) is 2. The van der Waals surface area contributed by atoms with E-state index in [2.05, 4.69) is 15.5 Å². The van der Waals surface area contributed by atoms with Crippen LogP contribution in [-0.2, 0) is 4.79 Å². The van der Waals surface area contributed by atoms with Gasteiger partial charge in [-0.3, -0.25) is 4.79 Å². The maximum atomic E-state index is 10.7. The van der Waals surface area contributed by atoms with Gasteiger partial charge in [0.25, 0.3) is 0 Å². The molecule has 0 radical (unpaired) electrons. The van der Waals surface area contributed by atoms with Crippen molar-refractivity contribution < 1.29 is 9.53 Å². The average Bonchev–Trinajstić information content (AvgIpc) is 2.34. The molecule has 0 saturated heterocycles. The number of hydrogen-bond acceptors (Lipinski definition) is 3. The van der Waals surface area contributed by atoms with Gasteiger partial charge in [0.05, 0.1) is 12.3 Å². The van der Waals surface area contributed by atoms with Crippen molar-refractivity contribution in [2.45, 2.75) is 26.9 Å². The zero-order valence-corrected chi connectivity index (χ0v) is 7.92. The number of carbonyl (C=O) groups is 1. The van der Waals surface area contributed by atoms with E-state index in [0.29, 0.717) is 11.6 Å². The van der Waals surface area contributed by atoms with E-state index < -0.39 is 0 Å². The largest absolute Gasteiger partial charge is 0.474 e. The zero-order chi connectivity index (χ0) is 9.84. The van der Waals surface area contributed by atoms with Gasteiger partial charge in [-0.2, -0.15) is 5.10 Å². The minimum Gasteiger partial charge on any atom is -0.474 e. The summed E-state index contributed by atoms with van der Waals surface area (Å²) in [6, 6.07) is 0. The second kappa shape index (κ2) is 3.93. The third kappa shape index (κ3) is 2.77. The third-order valence-corrected chi connectivity index (χ3v) is 1.27. The molecule has 1 amide bonds. The summed E-state index contributed by atoms with van der Waals surface area (Å²) < 4.78 is 5.35. The van der Waals surface area contributed by atoms with Crippen molar-refractivity contribution in [3.05, 3.63) is 6.20 Å². The van der Waals surface area contributed by atoms with E-state index in [1.807, 2.05) is 13.8 Å². The highest BCUT2D eigenvalue weighted by Gasteiger charge is 2.08. The van der Waals surface area contributed by atoms with Gasteiger partial charge in [0.15, 0.2) is 0 Å². The maximum absolute atomic E-state index is 10.7. The first kappa shape index (κ1) is 9.57. The van der Waals surface area contributed by atoms with E-state index in [4.69, 9.17) is 4.74 Å². The number of hydrogen-bond donors (Lipinski definition) is 2. The van der Waals surface area contributed by atoms with Gasteiger partial charge < -0.3 is 10.1 Å². The first-order valence-electron chi connectivity index (χ1n) is 4.07. The number of aromatic amines is 1. The Hall–Kier alpha value is -1.52. The minimum absolute atomic E-state index is 0.0490. The minimum atomic E-state index is -0.144. The Morgan fingerprint density at radius 1 is 1.69 bits per heavy atom. The van der Waals surface area contributed by atoms with E-state index in [-0.39, 0.29) is 12.0 Å². The smallest absolute Gasteiger partial charge is 0.233 e. The number of carbonyl (C=O) groups excluding carboxylic acids is 1. The fourth-order valence-corrected chi connectivity index (χ4v) is 0.879. The monoisotopic (exact) mass is 183 g/mol. The number of amides is 1. The Bertz CT molecular complexity index is 293. The second-order valence-electron chi connectivity index (χ2n) is 2.96. The van der Waals surface area contributed by atoms with E-state index in [0.717, 1.165) is 0 Å². The molecule has 0 aliphatic carbocycles. The molecule has 72 valence electrons. The van der Waals surface area contributed by atoms with Crippen molar-refractivity contribution in [1.29, 1.82) is 0 Å². The third-order valence-electron chi connectivity index (χ3n) is 1.27. The molecule has 0 saturated carbocycles. The summed E-state index contributed by atoms with van der Waals surface area (Å²) in [6.45, 7) is 5.24. The van der Waals surface area contributed by atoms with Crippen LogP contribution in [-0.4, -0.2) is 22.2 Å². The summed E-state index contributed by atoms with van der Waals surface area (Å²) in [5.74, 6) is 0.347. The number of nitrogens with zero attached hydrogens (tertiary/aromatic N) is 1. The number of H-pyrrole nitrogens is 1. The van der Waals surface area contributed by atoms with Crippen LogP contribution in [0.1, 0.15) is 20.8 Å². The fourth-order valence-electron chi connectivity index (χ4n) is 0.879. The molecule has 0 aromatic carbocycles. The lowest BCUT2D eigenvalue weighted by atomic mass is 10.4. The summed E-state index contributed by atoms with van der Waals surface area (Å²) in [5.41, 5.74) is 0.571. The average molecular weight is 183 g/mol. The van der Waals surface area contributed by atoms with Gasteiger partial charge in [0.2, 0.25) is 11.8 Å². The maximum Gasteiger partial charge on any atom is 0.233 e. The van der Waals surface area contributed by atoms with Crippen LogP contribution in [0.4, 0.5) is 5.69 Å². The Kier molecular flexibility index (Phi) is 2.89. The van der Waals surface area contributed by atoms with Crippen LogP contribution in [0.2, 0.25) is 0 Å². The lowest BCUT2D eigenvalue weighted by Gasteiger charge is -2.08. The van der Waals surface area contributed by atoms with Crippen molar-refractivity contribution in [2.24, 2.45) is 0 Å². The summed E-state index contributed by atoms with van der Waals surface area (Å²) in [4.78, 5) is 10.7. The molecule has 0 spiro atoms. The van der Waals surface area contributed by atoms with Gasteiger partial charge in [-0.25, -0.2) is 5.10 Å². The van der Waals surface area contributed by atoms with Gasteiger partial charge in [0.1, 0.15) is 5.69 Å². The van der Waals surface area contributed by atoms with Crippen LogP contribution in [0.3, 0.4) is 0 Å². The molecule has 0 unspecified atom stereocenters. The summed E-state index contributed by atoms with van der Waals surface area (Å²) in [6.07, 6.45) is 1.56. The molecular weight excluding hydrogens is 170 g/mol. The van der Waals surface area contributed by atoms with Crippen molar-refractivity contribution >= 4 is 11.6 Å². The van der Waals surface area contributed by atoms with Crippen LogP contribution >= 0.6 is 0 Å². The predicted molar refractivity (Wildman–Crippen MR) is 48.7 cm³/mol. The molecule has 1 rings (SSSR count). The molecule has 1 aromatic heterocycles. The Balaban J connectivity index is 2.71. The molecule has 0 aliphatic rings. The van der Waals surface area contributed by atoms with Crippen molar-refractivity contribution in [2.75, 3.05) is 5.32 Å². The topological polar surface area (TPSA) is 67.0 Å². The lowest BCUT2D eigenvalue weighted by molar-refractivity contribution is -0.114. The van der Waals surface area contributed by atoms with E-state index in [1.54, 1.807) is 0 Å². The van der Waals surface area contributed by atoms with Crippen LogP contribution in [0.25, 0.3) is 0 Å². The normalized spacial score (nSPS) is 10.2. The van der Waals surface area contributed by atoms with Crippen molar-refractivity contribution in [3.8, 4) is 5.88 Å². The number of aromatic nitrogens is 2. The van der Waals surface area contributed by atoms with Crippen molar-refractivity contribution in [1.82, 2.24) is 10.2 Å². The summed E-state index contributed by atoms with van der Waals surface area (Å²) >= 11 is 0. The molecule has 0 aliphatic heterocycles. The summed E-state index contributed by atoms with van der Waals surface area (Å²) in [7, 11) is 0. The number of rotatable bonds is 3. The lowest BCUT2D eigenvalue weighted by Crippen LogP contribution is -2.10. The van der Waals surface area contributed by atoms with Gasteiger partial charge >= 0.3 is 0 Å². The van der Waals surface area contributed by atoms with Gasteiger partial charge in [-0.1, -0.05) is 0 Å². The van der Waals surface area contributed by atoms with Gasteiger partial charge in [-0.05, 0) is 13.8 Å². The van der Waals surface area contributed by atoms with Crippen LogP contribution < -0.4 is 10.1 Å². The molecular formula is C8H13N3O2. The van der Waals surface area contributed by atoms with Crippen LogP contribution in [0.5, 0.6) is 5.88 Å². The molecule has 13 heavy (non-hydrogen) atoms. The molecule has 5 heteroatoms. The molecule has 1 heterocycles. The SMILES string of the molecule is CC(=O)Nc1cn[nH]c1OC(C)C. The molecule has 5 nitrogen and oxygen atoms in total. The second-order valence-corrected chi connectivity index (χ2v) is 2.96. The summed E-state index contributed by atoms with van der Waals surface area (Å²) in [5, 5.41) is 9.02. The van der Waals surface area contributed by atoms with Crippen LogP contribution in [0, 0.1) is 0 Å². The van der Waals surface area contributed by atoms with E-state index in [1.165, 1.54) is 13.1 Å². The Labute approximate surface area is 76.5 Å². The first-order valence-corrected chi connectivity index (χ1v) is 4.07. The first-order chi connectivity index (χ1) is 6.09.